The van der Waals surface area contributed by atoms with Crippen LogP contribution in [0.15, 0.2) is 33.9 Å². The lowest BCUT2D eigenvalue weighted by molar-refractivity contribution is -0.113. The van der Waals surface area contributed by atoms with Gasteiger partial charge in [0.2, 0.25) is 11.8 Å². The zero-order valence-corrected chi connectivity index (χ0v) is 19.3. The highest BCUT2D eigenvalue weighted by molar-refractivity contribution is 7.99. The van der Waals surface area contributed by atoms with Gasteiger partial charge in [-0.3, -0.25) is 9.59 Å². The number of aromatic nitrogens is 5. The Balaban J connectivity index is 1.27. The van der Waals surface area contributed by atoms with Gasteiger partial charge in [-0.25, -0.2) is 9.97 Å². The van der Waals surface area contributed by atoms with Gasteiger partial charge in [0.1, 0.15) is 10.7 Å². The van der Waals surface area contributed by atoms with Gasteiger partial charge in [-0.15, -0.1) is 10.2 Å². The summed E-state index contributed by atoms with van der Waals surface area (Å²) in [5, 5.41) is 11.4. The number of carbonyl (C=O) groups excluding carboxylic acids is 2. The summed E-state index contributed by atoms with van der Waals surface area (Å²) in [5.74, 6) is 1.01. The number of nitrogens with one attached hydrogen (secondary N) is 2. The predicted molar refractivity (Wildman–Crippen MR) is 122 cm³/mol. The van der Waals surface area contributed by atoms with Crippen molar-refractivity contribution in [3.05, 3.63) is 46.6 Å². The molecular weight excluding hydrogens is 450 g/mol. The Bertz CT molecular complexity index is 1230. The average molecular weight is 472 g/mol. The summed E-state index contributed by atoms with van der Waals surface area (Å²) in [6.07, 6.45) is 1.18. The minimum atomic E-state index is -0.269. The molecule has 4 rings (SSSR count). The highest BCUT2D eigenvalue weighted by Gasteiger charge is 2.18. The number of aromatic amines is 1. The van der Waals surface area contributed by atoms with Gasteiger partial charge in [0.15, 0.2) is 5.13 Å². The Kier molecular flexibility index (Phi) is 6.51. The number of fused-ring (bicyclic) bond motifs is 1. The van der Waals surface area contributed by atoms with Crippen LogP contribution in [0.4, 0.5) is 5.13 Å². The van der Waals surface area contributed by atoms with Crippen molar-refractivity contribution in [1.82, 2.24) is 30.0 Å². The number of hydrogen-bond donors (Lipinski definition) is 2. The van der Waals surface area contributed by atoms with Crippen molar-refractivity contribution in [2.45, 2.75) is 25.0 Å². The first-order valence-electron chi connectivity index (χ1n) is 9.77. The number of para-hydroxylation sites is 2. The van der Waals surface area contributed by atoms with E-state index in [9.17, 15) is 9.59 Å². The number of benzene rings is 1. The minimum Gasteiger partial charge on any atom is -0.416 e. The Morgan fingerprint density at radius 3 is 2.78 bits per heavy atom. The van der Waals surface area contributed by atoms with Gasteiger partial charge in [0, 0.05) is 26.9 Å². The summed E-state index contributed by atoms with van der Waals surface area (Å²) in [4.78, 5) is 38.4. The SMILES string of the molecule is Cc1nc(NC(=O)CSc2nnc(CCc3nc4ccccc4[nH]3)o2)sc1C(=O)N(C)C. The number of anilines is 1. The van der Waals surface area contributed by atoms with E-state index >= 15 is 0 Å². The molecule has 1 aromatic carbocycles. The summed E-state index contributed by atoms with van der Waals surface area (Å²) in [7, 11) is 3.34. The highest BCUT2D eigenvalue weighted by atomic mass is 32.2. The lowest BCUT2D eigenvalue weighted by atomic mass is 10.3. The monoisotopic (exact) mass is 471 g/mol. The Morgan fingerprint density at radius 2 is 2.00 bits per heavy atom. The standard InChI is InChI=1S/C20H21N7O3S2/c1-11-17(18(29)27(2)3)32-19(21-11)24-15(28)10-31-20-26-25-16(30-20)9-8-14-22-12-6-4-5-7-13(12)23-14/h4-7H,8-10H2,1-3H3,(H,22,23)(H,21,24,28). The summed E-state index contributed by atoms with van der Waals surface area (Å²) in [6, 6.07) is 7.84. The van der Waals surface area contributed by atoms with Crippen LogP contribution >= 0.6 is 23.1 Å². The quantitative estimate of drug-likeness (QED) is 0.375. The molecule has 0 aliphatic heterocycles. The van der Waals surface area contributed by atoms with Crippen LogP contribution in [-0.2, 0) is 17.6 Å². The number of amides is 2. The summed E-state index contributed by atoms with van der Waals surface area (Å²) < 4.78 is 5.62. The van der Waals surface area contributed by atoms with Gasteiger partial charge >= 0.3 is 0 Å². The second kappa shape index (κ2) is 9.49. The maximum Gasteiger partial charge on any atom is 0.277 e. The molecule has 0 fully saturated rings. The van der Waals surface area contributed by atoms with Crippen molar-refractivity contribution in [2.24, 2.45) is 0 Å². The first-order valence-corrected chi connectivity index (χ1v) is 11.6. The number of thioether (sulfide) groups is 1. The van der Waals surface area contributed by atoms with E-state index in [2.05, 4.69) is 30.5 Å². The van der Waals surface area contributed by atoms with Crippen LogP contribution in [-0.4, -0.2) is 61.7 Å². The molecule has 3 aromatic heterocycles. The number of rotatable bonds is 8. The van der Waals surface area contributed by atoms with Crippen molar-refractivity contribution >= 4 is 51.1 Å². The zero-order chi connectivity index (χ0) is 22.7. The van der Waals surface area contributed by atoms with Gasteiger partial charge in [-0.1, -0.05) is 35.2 Å². The largest absolute Gasteiger partial charge is 0.416 e. The third-order valence-electron chi connectivity index (χ3n) is 4.43. The van der Waals surface area contributed by atoms with Crippen molar-refractivity contribution in [1.29, 1.82) is 0 Å². The van der Waals surface area contributed by atoms with Crippen LogP contribution in [0.5, 0.6) is 0 Å². The number of hydrogen-bond acceptors (Lipinski definition) is 9. The van der Waals surface area contributed by atoms with Crippen molar-refractivity contribution < 1.29 is 14.0 Å². The smallest absolute Gasteiger partial charge is 0.277 e. The van der Waals surface area contributed by atoms with Crippen molar-refractivity contribution in [3.63, 3.8) is 0 Å². The van der Waals surface area contributed by atoms with Crippen molar-refractivity contribution in [3.8, 4) is 0 Å². The van der Waals surface area contributed by atoms with Crippen LogP contribution in [0, 0.1) is 6.92 Å². The zero-order valence-electron chi connectivity index (χ0n) is 17.7. The first kappa shape index (κ1) is 22.0. The number of H-pyrrole nitrogens is 1. The van der Waals surface area contributed by atoms with Gasteiger partial charge in [-0.2, -0.15) is 0 Å². The van der Waals surface area contributed by atoms with Gasteiger partial charge in [0.05, 0.1) is 22.5 Å². The van der Waals surface area contributed by atoms with E-state index in [0.29, 0.717) is 39.7 Å². The normalized spacial score (nSPS) is 11.1. The molecule has 32 heavy (non-hydrogen) atoms. The average Bonchev–Trinajstić information content (AvgIpc) is 3.48. The topological polar surface area (TPSA) is 130 Å². The van der Waals surface area contributed by atoms with Gasteiger partial charge in [-0.05, 0) is 19.1 Å². The molecule has 4 aromatic rings. The van der Waals surface area contributed by atoms with E-state index in [4.69, 9.17) is 4.42 Å². The van der Waals surface area contributed by atoms with Crippen molar-refractivity contribution in [2.75, 3.05) is 25.2 Å². The fourth-order valence-electron chi connectivity index (χ4n) is 2.88. The molecule has 0 radical (unpaired) electrons. The molecule has 0 saturated carbocycles. The molecule has 2 N–H and O–H groups in total. The molecule has 3 heterocycles. The highest BCUT2D eigenvalue weighted by Crippen LogP contribution is 2.24. The summed E-state index contributed by atoms with van der Waals surface area (Å²) in [5.41, 5.74) is 2.50. The van der Waals surface area contributed by atoms with E-state index in [-0.39, 0.29) is 17.6 Å². The molecular formula is C20H21N7O3S2. The third kappa shape index (κ3) is 5.14. The molecule has 2 amide bonds. The third-order valence-corrected chi connectivity index (χ3v) is 6.31. The number of nitrogens with zero attached hydrogens (tertiary/aromatic N) is 5. The molecule has 12 heteroatoms. The van der Waals surface area contributed by atoms with E-state index in [1.54, 1.807) is 21.0 Å². The molecule has 0 atom stereocenters. The van der Waals surface area contributed by atoms with E-state index < -0.39 is 0 Å². The number of imidazole rings is 1. The fourth-order valence-corrected chi connectivity index (χ4v) is 4.47. The molecule has 0 spiro atoms. The van der Waals surface area contributed by atoms with Crippen LogP contribution in [0.3, 0.4) is 0 Å². The first-order chi connectivity index (χ1) is 15.4. The molecule has 0 aliphatic carbocycles. The Morgan fingerprint density at radius 1 is 1.19 bits per heavy atom. The van der Waals surface area contributed by atoms with E-state index in [1.165, 1.54) is 4.90 Å². The lowest BCUT2D eigenvalue weighted by Crippen LogP contribution is -2.21. The maximum atomic E-state index is 12.2. The molecule has 0 bridgehead atoms. The van der Waals surface area contributed by atoms with Crippen LogP contribution in [0.1, 0.15) is 27.1 Å². The van der Waals surface area contributed by atoms with Gasteiger partial charge in [0.25, 0.3) is 11.1 Å². The fraction of sp³-hybridized carbons (Fsp3) is 0.300. The van der Waals surface area contributed by atoms with Crippen LogP contribution < -0.4 is 5.32 Å². The van der Waals surface area contributed by atoms with E-state index in [0.717, 1.165) is 40.0 Å². The van der Waals surface area contributed by atoms with E-state index in [1.807, 2.05) is 24.3 Å². The second-order valence-electron chi connectivity index (χ2n) is 7.13. The number of carbonyl (C=O) groups is 2. The molecule has 0 aliphatic rings. The molecule has 166 valence electrons. The maximum absolute atomic E-state index is 12.2. The molecule has 0 saturated heterocycles. The molecule has 10 nitrogen and oxygen atoms in total. The van der Waals surface area contributed by atoms with Gasteiger partial charge < -0.3 is 19.6 Å². The minimum absolute atomic E-state index is 0.0841. The van der Waals surface area contributed by atoms with Crippen LogP contribution in [0.2, 0.25) is 0 Å². The number of aryl methyl sites for hydroxylation is 3. The Hall–Kier alpha value is -3.25. The molecule has 0 unspecified atom stereocenters. The second-order valence-corrected chi connectivity index (χ2v) is 9.06. The number of thiazole rings is 1. The predicted octanol–water partition coefficient (Wildman–Crippen LogP) is 2.93. The summed E-state index contributed by atoms with van der Waals surface area (Å²) >= 11 is 2.29. The van der Waals surface area contributed by atoms with Crippen LogP contribution in [0.25, 0.3) is 11.0 Å². The Labute approximate surface area is 191 Å². The lowest BCUT2D eigenvalue weighted by Gasteiger charge is -2.07. The summed E-state index contributed by atoms with van der Waals surface area (Å²) in [6.45, 7) is 1.74.